The molecule has 2 aliphatic rings. The average Bonchev–Trinajstić information content (AvgIpc) is 3.53. The van der Waals surface area contributed by atoms with Crippen LogP contribution >= 0.6 is 11.6 Å². The minimum atomic E-state index is -0.529. The highest BCUT2D eigenvalue weighted by molar-refractivity contribution is 6.30. The van der Waals surface area contributed by atoms with Crippen LogP contribution in [0, 0.1) is 12.8 Å². The first-order valence-corrected chi connectivity index (χ1v) is 12.4. The number of halogens is 1. The Bertz CT molecular complexity index is 1200. The number of aliphatic hydroxyl groups excluding tert-OH is 1. The number of nitrogens with zero attached hydrogens (tertiary/aromatic N) is 3. The largest absolute Gasteiger partial charge is 0.394 e. The van der Waals surface area contributed by atoms with Gasteiger partial charge in [-0.25, -0.2) is 4.98 Å². The Morgan fingerprint density at radius 2 is 2.28 bits per heavy atom. The lowest BCUT2D eigenvalue weighted by Gasteiger charge is -2.26. The van der Waals surface area contributed by atoms with E-state index >= 15 is 0 Å². The molecular formula is C27H32ClN5O3. The predicted octanol–water partition coefficient (Wildman–Crippen LogP) is 4.07. The SMILES string of the molecule is C=C(Cl)/C=C\C=C(/C)C(CO)NC(=O)c1ccn(-c2nc(N[C@H]3C=C[C@H]4OCCC4C3)ncc2C)c1. The predicted molar refractivity (Wildman–Crippen MR) is 141 cm³/mol. The van der Waals surface area contributed by atoms with E-state index < -0.39 is 6.04 Å². The van der Waals surface area contributed by atoms with E-state index in [0.717, 1.165) is 30.6 Å². The fourth-order valence-corrected chi connectivity index (χ4v) is 4.51. The maximum absolute atomic E-state index is 12.9. The Hall–Kier alpha value is -3.20. The number of carbonyl (C=O) groups excluding carboxylic acids is 1. The van der Waals surface area contributed by atoms with E-state index in [1.807, 2.05) is 13.8 Å². The summed E-state index contributed by atoms with van der Waals surface area (Å²) in [6.07, 6.45) is 17.0. The van der Waals surface area contributed by atoms with Gasteiger partial charge in [0.15, 0.2) is 0 Å². The van der Waals surface area contributed by atoms with Gasteiger partial charge in [0.1, 0.15) is 5.82 Å². The van der Waals surface area contributed by atoms with Crippen molar-refractivity contribution < 1.29 is 14.6 Å². The van der Waals surface area contributed by atoms with Crippen molar-refractivity contribution >= 4 is 23.5 Å². The van der Waals surface area contributed by atoms with Gasteiger partial charge in [-0.15, -0.1) is 0 Å². The highest BCUT2D eigenvalue weighted by Crippen LogP contribution is 2.31. The molecule has 0 radical (unpaired) electrons. The van der Waals surface area contributed by atoms with Gasteiger partial charge in [0.25, 0.3) is 5.91 Å². The number of anilines is 1. The smallest absolute Gasteiger partial charge is 0.253 e. The van der Waals surface area contributed by atoms with Gasteiger partial charge < -0.3 is 25.0 Å². The number of aromatic nitrogens is 3. The van der Waals surface area contributed by atoms with Gasteiger partial charge in [-0.1, -0.05) is 42.5 Å². The minimum Gasteiger partial charge on any atom is -0.394 e. The molecule has 4 rings (SSSR count). The third-order valence-corrected chi connectivity index (χ3v) is 6.61. The molecule has 8 nitrogen and oxygen atoms in total. The van der Waals surface area contributed by atoms with E-state index in [2.05, 4.69) is 34.3 Å². The van der Waals surface area contributed by atoms with E-state index in [0.29, 0.717) is 28.3 Å². The number of amides is 1. The Kier molecular flexibility index (Phi) is 8.40. The molecule has 0 bridgehead atoms. The number of carbonyl (C=O) groups is 1. The second-order valence-corrected chi connectivity index (χ2v) is 9.67. The molecule has 190 valence electrons. The van der Waals surface area contributed by atoms with Gasteiger partial charge in [-0.2, -0.15) is 4.98 Å². The van der Waals surface area contributed by atoms with Crippen LogP contribution < -0.4 is 10.6 Å². The Labute approximate surface area is 216 Å². The molecule has 0 spiro atoms. The van der Waals surface area contributed by atoms with Crippen molar-refractivity contribution in [3.63, 3.8) is 0 Å². The molecule has 2 aromatic heterocycles. The zero-order chi connectivity index (χ0) is 25.7. The number of ether oxygens (including phenoxy) is 1. The van der Waals surface area contributed by atoms with Crippen molar-refractivity contribution in [2.24, 2.45) is 5.92 Å². The lowest BCUT2D eigenvalue weighted by atomic mass is 9.88. The van der Waals surface area contributed by atoms with Crippen LogP contribution in [0.4, 0.5) is 5.95 Å². The van der Waals surface area contributed by atoms with Crippen LogP contribution in [0.1, 0.15) is 35.7 Å². The molecule has 3 heterocycles. The van der Waals surface area contributed by atoms with E-state index in [1.54, 1.807) is 47.5 Å². The van der Waals surface area contributed by atoms with Crippen molar-refractivity contribution in [3.8, 4) is 5.82 Å². The topological polar surface area (TPSA) is 101 Å². The van der Waals surface area contributed by atoms with Gasteiger partial charge >= 0.3 is 0 Å². The van der Waals surface area contributed by atoms with Gasteiger partial charge in [-0.05, 0) is 50.3 Å². The zero-order valence-electron chi connectivity index (χ0n) is 20.5. The van der Waals surface area contributed by atoms with Crippen LogP contribution in [0.2, 0.25) is 0 Å². The van der Waals surface area contributed by atoms with Crippen LogP contribution in [0.3, 0.4) is 0 Å². The second kappa shape index (κ2) is 11.7. The fraction of sp³-hybridized carbons (Fsp3) is 0.370. The van der Waals surface area contributed by atoms with Gasteiger partial charge in [0.2, 0.25) is 5.95 Å². The summed E-state index contributed by atoms with van der Waals surface area (Å²) >= 11 is 5.73. The summed E-state index contributed by atoms with van der Waals surface area (Å²) in [6.45, 7) is 7.94. The number of fused-ring (bicyclic) bond motifs is 1. The summed E-state index contributed by atoms with van der Waals surface area (Å²) < 4.78 is 7.54. The maximum atomic E-state index is 12.9. The monoisotopic (exact) mass is 509 g/mol. The summed E-state index contributed by atoms with van der Waals surface area (Å²) in [5.41, 5.74) is 2.13. The number of aliphatic hydroxyl groups is 1. The standard InChI is InChI=1S/C27H32ClN5O3/c1-17(5-4-6-19(3)28)23(16-34)31-26(35)21-9-11-33(15-21)25-18(2)14-29-27(32-25)30-22-7-8-24-20(13-22)10-12-36-24/h4-9,11,14-15,20,22-24,34H,3,10,12-13,16H2,1-2H3,(H,31,35)(H,29,30,32)/b6-4-,17-5+/t20?,22-,23?,24+/m0/s1. The van der Waals surface area contributed by atoms with Crippen molar-refractivity contribution in [3.05, 3.63) is 83.3 Å². The number of hydrogen-bond donors (Lipinski definition) is 3. The molecule has 1 aliphatic heterocycles. The summed E-state index contributed by atoms with van der Waals surface area (Å²) in [5, 5.41) is 16.5. The molecule has 4 atom stereocenters. The molecule has 2 aromatic rings. The van der Waals surface area contributed by atoms with E-state index in [-0.39, 0.29) is 24.7 Å². The van der Waals surface area contributed by atoms with Gasteiger partial charge in [0.05, 0.1) is 24.3 Å². The molecule has 9 heteroatoms. The van der Waals surface area contributed by atoms with E-state index in [1.165, 1.54) is 0 Å². The number of allylic oxidation sites excluding steroid dienone is 4. The van der Waals surface area contributed by atoms with Crippen LogP contribution in [0.15, 0.2) is 72.2 Å². The zero-order valence-corrected chi connectivity index (χ0v) is 21.3. The average molecular weight is 510 g/mol. The van der Waals surface area contributed by atoms with Crippen molar-refractivity contribution in [2.75, 3.05) is 18.5 Å². The molecule has 1 saturated heterocycles. The van der Waals surface area contributed by atoms with Crippen LogP contribution in [0.25, 0.3) is 5.82 Å². The molecule has 3 N–H and O–H groups in total. The van der Waals surface area contributed by atoms with E-state index in [4.69, 9.17) is 21.3 Å². The Morgan fingerprint density at radius 3 is 3.06 bits per heavy atom. The molecule has 0 aromatic carbocycles. The van der Waals surface area contributed by atoms with Gasteiger partial charge in [0, 0.05) is 41.8 Å². The molecule has 36 heavy (non-hydrogen) atoms. The summed E-state index contributed by atoms with van der Waals surface area (Å²) in [4.78, 5) is 22.0. The maximum Gasteiger partial charge on any atom is 0.253 e. The quantitative estimate of drug-likeness (QED) is 0.348. The summed E-state index contributed by atoms with van der Waals surface area (Å²) in [6, 6.07) is 1.34. The Balaban J connectivity index is 1.44. The van der Waals surface area contributed by atoms with Crippen molar-refractivity contribution in [2.45, 2.75) is 44.9 Å². The lowest BCUT2D eigenvalue weighted by Crippen LogP contribution is -2.38. The lowest BCUT2D eigenvalue weighted by molar-refractivity contribution is 0.0926. The normalized spacial score (nSPS) is 22.4. The second-order valence-electron chi connectivity index (χ2n) is 9.19. The minimum absolute atomic E-state index is 0.151. The number of nitrogens with one attached hydrogen (secondary N) is 2. The van der Waals surface area contributed by atoms with Gasteiger partial charge in [-0.3, -0.25) is 4.79 Å². The van der Waals surface area contributed by atoms with Crippen molar-refractivity contribution in [1.29, 1.82) is 0 Å². The molecular weight excluding hydrogens is 478 g/mol. The molecule has 2 unspecified atom stereocenters. The third-order valence-electron chi connectivity index (χ3n) is 6.49. The third kappa shape index (κ3) is 6.32. The molecule has 1 aliphatic carbocycles. The summed E-state index contributed by atoms with van der Waals surface area (Å²) in [7, 11) is 0. The van der Waals surface area contributed by atoms with E-state index in [9.17, 15) is 9.90 Å². The molecule has 1 fully saturated rings. The highest BCUT2D eigenvalue weighted by Gasteiger charge is 2.31. The Morgan fingerprint density at radius 1 is 1.44 bits per heavy atom. The number of rotatable bonds is 9. The first kappa shape index (κ1) is 25.9. The van der Waals surface area contributed by atoms with Crippen LogP contribution in [-0.2, 0) is 4.74 Å². The fourth-order valence-electron chi connectivity index (χ4n) is 4.43. The molecule has 1 amide bonds. The van der Waals surface area contributed by atoms with Crippen molar-refractivity contribution in [1.82, 2.24) is 19.9 Å². The molecule has 0 saturated carbocycles. The van der Waals surface area contributed by atoms with Crippen LogP contribution in [0.5, 0.6) is 0 Å². The number of hydrogen-bond acceptors (Lipinski definition) is 6. The highest BCUT2D eigenvalue weighted by atomic mass is 35.5. The first-order valence-electron chi connectivity index (χ1n) is 12.0. The number of aryl methyl sites for hydroxylation is 1. The van der Waals surface area contributed by atoms with Crippen LogP contribution in [-0.4, -0.2) is 57.0 Å². The first-order chi connectivity index (χ1) is 17.3. The summed E-state index contributed by atoms with van der Waals surface area (Å²) in [5.74, 6) is 1.46.